The van der Waals surface area contributed by atoms with Gasteiger partial charge in [0, 0.05) is 37.8 Å². The van der Waals surface area contributed by atoms with Crippen molar-refractivity contribution in [1.82, 2.24) is 25.3 Å². The lowest BCUT2D eigenvalue weighted by atomic mass is 9.96. The van der Waals surface area contributed by atoms with Gasteiger partial charge in [0.25, 0.3) is 0 Å². The SMILES string of the molecule is CN1C(=O)C2C(SCC(=O)N3CCCCC3)NC(c3ccccc3Cl)NC2N(C)C1=O. The summed E-state index contributed by atoms with van der Waals surface area (Å²) in [5, 5.41) is 7.08. The Bertz CT molecular complexity index is 865. The number of likely N-dealkylation sites (tertiary alicyclic amines) is 1. The van der Waals surface area contributed by atoms with Crippen molar-refractivity contribution in [2.24, 2.45) is 5.92 Å². The predicted octanol–water partition coefficient (Wildman–Crippen LogP) is 2.07. The molecule has 3 aliphatic rings. The normalized spacial score (nSPS) is 29.2. The maximum absolute atomic E-state index is 13.0. The minimum atomic E-state index is -0.523. The Balaban J connectivity index is 1.57. The van der Waals surface area contributed by atoms with Gasteiger partial charge in [-0.15, -0.1) is 11.8 Å². The van der Waals surface area contributed by atoms with E-state index in [0.717, 1.165) is 42.8 Å². The number of piperidine rings is 1. The minimum absolute atomic E-state index is 0.0944. The Labute approximate surface area is 191 Å². The summed E-state index contributed by atoms with van der Waals surface area (Å²) in [5.41, 5.74) is 0.836. The van der Waals surface area contributed by atoms with E-state index in [1.165, 1.54) is 18.8 Å². The number of nitrogens with one attached hydrogen (secondary N) is 2. The number of fused-ring (bicyclic) bond motifs is 1. The lowest BCUT2D eigenvalue weighted by molar-refractivity contribution is -0.140. The molecule has 168 valence electrons. The summed E-state index contributed by atoms with van der Waals surface area (Å²) in [7, 11) is 3.18. The van der Waals surface area contributed by atoms with Crippen molar-refractivity contribution in [2.75, 3.05) is 32.9 Å². The van der Waals surface area contributed by atoms with Gasteiger partial charge in [-0.05, 0) is 25.3 Å². The number of benzene rings is 1. The molecule has 0 spiro atoms. The zero-order chi connectivity index (χ0) is 22.1. The number of hydrogen-bond acceptors (Lipinski definition) is 6. The van der Waals surface area contributed by atoms with Crippen molar-refractivity contribution in [3.8, 4) is 0 Å². The van der Waals surface area contributed by atoms with Crippen LogP contribution in [-0.4, -0.2) is 77.0 Å². The van der Waals surface area contributed by atoms with Crippen LogP contribution in [0.3, 0.4) is 0 Å². The molecular weight excluding hydrogens is 438 g/mol. The molecule has 8 nitrogen and oxygen atoms in total. The summed E-state index contributed by atoms with van der Waals surface area (Å²) in [4.78, 5) is 43.0. The predicted molar refractivity (Wildman–Crippen MR) is 120 cm³/mol. The highest BCUT2D eigenvalue weighted by Crippen LogP contribution is 2.35. The molecule has 3 fully saturated rings. The fraction of sp³-hybridized carbons (Fsp3) is 0.571. The lowest BCUT2D eigenvalue weighted by Crippen LogP contribution is -2.72. The van der Waals surface area contributed by atoms with Crippen LogP contribution in [-0.2, 0) is 9.59 Å². The molecule has 4 amide bonds. The molecule has 0 aliphatic carbocycles. The van der Waals surface area contributed by atoms with Crippen LogP contribution in [0.4, 0.5) is 4.79 Å². The largest absolute Gasteiger partial charge is 0.342 e. The van der Waals surface area contributed by atoms with Crippen molar-refractivity contribution in [1.29, 1.82) is 0 Å². The minimum Gasteiger partial charge on any atom is -0.342 e. The molecule has 4 unspecified atom stereocenters. The number of amides is 4. The standard InChI is InChI=1S/C21H28ClN5O3S/c1-25-18-16(20(29)26(2)21(25)30)19(31-12-15(28)27-10-6-3-7-11-27)24-17(23-18)13-8-4-5-9-14(13)22/h4-5,8-9,16-19,23-24H,3,6-7,10-12H2,1-2H3. The Hall–Kier alpha value is -1.81. The van der Waals surface area contributed by atoms with E-state index >= 15 is 0 Å². The average molecular weight is 466 g/mol. The number of urea groups is 1. The smallest absolute Gasteiger partial charge is 0.327 e. The lowest BCUT2D eigenvalue weighted by Gasteiger charge is -2.50. The van der Waals surface area contributed by atoms with E-state index in [1.54, 1.807) is 11.9 Å². The first-order valence-corrected chi connectivity index (χ1v) is 12.0. The molecule has 2 N–H and O–H groups in total. The van der Waals surface area contributed by atoms with Crippen LogP contribution in [0.1, 0.15) is 31.0 Å². The number of rotatable bonds is 4. The van der Waals surface area contributed by atoms with Gasteiger partial charge < -0.3 is 9.80 Å². The van der Waals surface area contributed by atoms with Gasteiger partial charge in [-0.3, -0.25) is 25.1 Å². The van der Waals surface area contributed by atoms with Crippen LogP contribution < -0.4 is 10.6 Å². The molecular formula is C21H28ClN5O3S. The highest BCUT2D eigenvalue weighted by atomic mass is 35.5. The summed E-state index contributed by atoms with van der Waals surface area (Å²) >= 11 is 7.85. The molecule has 4 rings (SSSR count). The molecule has 4 atom stereocenters. The quantitative estimate of drug-likeness (QED) is 0.708. The molecule has 3 heterocycles. The van der Waals surface area contributed by atoms with Crippen molar-refractivity contribution < 1.29 is 14.4 Å². The van der Waals surface area contributed by atoms with E-state index < -0.39 is 12.1 Å². The summed E-state index contributed by atoms with van der Waals surface area (Å²) < 4.78 is 0. The molecule has 3 saturated heterocycles. The Morgan fingerprint density at radius 1 is 1.13 bits per heavy atom. The highest BCUT2D eigenvalue weighted by Gasteiger charge is 2.51. The molecule has 31 heavy (non-hydrogen) atoms. The summed E-state index contributed by atoms with van der Waals surface area (Å²) in [6.07, 6.45) is 2.39. The van der Waals surface area contributed by atoms with Crippen LogP contribution in [0, 0.1) is 5.92 Å². The Morgan fingerprint density at radius 3 is 2.55 bits per heavy atom. The second-order valence-electron chi connectivity index (χ2n) is 8.22. The van der Waals surface area contributed by atoms with Gasteiger partial charge in [-0.25, -0.2) is 4.79 Å². The van der Waals surface area contributed by atoms with E-state index in [4.69, 9.17) is 11.6 Å². The maximum atomic E-state index is 13.0. The van der Waals surface area contributed by atoms with Gasteiger partial charge in [-0.2, -0.15) is 0 Å². The van der Waals surface area contributed by atoms with Gasteiger partial charge in [0.15, 0.2) is 0 Å². The van der Waals surface area contributed by atoms with Crippen molar-refractivity contribution in [3.05, 3.63) is 34.9 Å². The third-order valence-corrected chi connectivity index (χ3v) is 7.81. The van der Waals surface area contributed by atoms with Gasteiger partial charge in [0.1, 0.15) is 0 Å². The molecule has 0 aromatic heterocycles. The van der Waals surface area contributed by atoms with Crippen molar-refractivity contribution >= 4 is 41.2 Å². The number of thioether (sulfide) groups is 1. The second-order valence-corrected chi connectivity index (χ2v) is 9.76. The average Bonchev–Trinajstić information content (AvgIpc) is 2.80. The van der Waals surface area contributed by atoms with Gasteiger partial charge >= 0.3 is 6.03 Å². The molecule has 0 saturated carbocycles. The zero-order valence-corrected chi connectivity index (χ0v) is 19.3. The Morgan fingerprint density at radius 2 is 1.84 bits per heavy atom. The van der Waals surface area contributed by atoms with Gasteiger partial charge in [-0.1, -0.05) is 29.8 Å². The number of nitrogens with zero attached hydrogens (tertiary/aromatic N) is 3. The first-order valence-electron chi connectivity index (χ1n) is 10.6. The topological polar surface area (TPSA) is 85.0 Å². The second kappa shape index (κ2) is 9.36. The van der Waals surface area contributed by atoms with Crippen molar-refractivity contribution in [3.63, 3.8) is 0 Å². The van der Waals surface area contributed by atoms with E-state index in [2.05, 4.69) is 10.6 Å². The van der Waals surface area contributed by atoms with Crippen LogP contribution in [0.25, 0.3) is 0 Å². The first kappa shape index (κ1) is 22.4. The molecule has 1 aromatic rings. The van der Waals surface area contributed by atoms with Crippen LogP contribution in [0.15, 0.2) is 24.3 Å². The molecule has 0 bridgehead atoms. The van der Waals surface area contributed by atoms with Crippen LogP contribution >= 0.6 is 23.4 Å². The fourth-order valence-corrected chi connectivity index (χ4v) is 5.94. The first-order chi connectivity index (χ1) is 14.9. The van der Waals surface area contributed by atoms with E-state index in [9.17, 15) is 14.4 Å². The van der Waals surface area contributed by atoms with Gasteiger partial charge in [0.05, 0.1) is 29.4 Å². The molecule has 0 radical (unpaired) electrons. The molecule has 1 aromatic carbocycles. The maximum Gasteiger partial charge on any atom is 0.327 e. The summed E-state index contributed by atoms with van der Waals surface area (Å²) in [6, 6.07) is 7.12. The number of imide groups is 1. The molecule has 10 heteroatoms. The molecule has 3 aliphatic heterocycles. The Kier molecular flexibility index (Phi) is 6.76. The van der Waals surface area contributed by atoms with E-state index in [0.29, 0.717) is 5.02 Å². The number of carbonyl (C=O) groups excluding carboxylic acids is 3. The monoisotopic (exact) mass is 465 g/mol. The number of hydrogen-bond donors (Lipinski definition) is 2. The third-order valence-electron chi connectivity index (χ3n) is 6.27. The van der Waals surface area contributed by atoms with Gasteiger partial charge in [0.2, 0.25) is 11.8 Å². The highest BCUT2D eigenvalue weighted by molar-refractivity contribution is 8.00. The number of halogens is 1. The summed E-state index contributed by atoms with van der Waals surface area (Å²) in [6.45, 7) is 1.60. The van der Waals surface area contributed by atoms with Crippen LogP contribution in [0.5, 0.6) is 0 Å². The van der Waals surface area contributed by atoms with Crippen LogP contribution in [0.2, 0.25) is 5.02 Å². The fourth-order valence-electron chi connectivity index (χ4n) is 4.48. The number of carbonyl (C=O) groups is 3. The third kappa shape index (κ3) is 4.41. The summed E-state index contributed by atoms with van der Waals surface area (Å²) in [5.74, 6) is -0.402. The van der Waals surface area contributed by atoms with Crippen molar-refractivity contribution in [2.45, 2.75) is 37.0 Å². The van der Waals surface area contributed by atoms with E-state index in [-0.39, 0.29) is 35.1 Å². The zero-order valence-electron chi connectivity index (χ0n) is 17.7. The van der Waals surface area contributed by atoms with E-state index in [1.807, 2.05) is 29.2 Å².